The lowest BCUT2D eigenvalue weighted by molar-refractivity contribution is -0.126. The average Bonchev–Trinajstić information content (AvgIpc) is 2.63. The molecule has 2 amide bonds. The molecule has 2 N–H and O–H groups in total. The minimum atomic E-state index is -0.323. The van der Waals surface area contributed by atoms with Gasteiger partial charge in [-0.1, -0.05) is 44.2 Å². The van der Waals surface area contributed by atoms with E-state index < -0.39 is 0 Å². The lowest BCUT2D eigenvalue weighted by Gasteiger charge is -2.14. The number of rotatable bonds is 8. The van der Waals surface area contributed by atoms with Crippen LogP contribution in [0.1, 0.15) is 37.0 Å². The predicted molar refractivity (Wildman–Crippen MR) is 102 cm³/mol. The number of anilines is 1. The summed E-state index contributed by atoms with van der Waals surface area (Å²) in [6, 6.07) is 12.1. The van der Waals surface area contributed by atoms with Gasteiger partial charge in [0.2, 0.25) is 11.8 Å². The third kappa shape index (κ3) is 5.69. The van der Waals surface area contributed by atoms with Gasteiger partial charge in [0.1, 0.15) is 12.2 Å². The zero-order valence-electron chi connectivity index (χ0n) is 15.3. The van der Waals surface area contributed by atoms with Gasteiger partial charge in [-0.3, -0.25) is 9.59 Å². The Hall–Kier alpha value is -2.69. The van der Waals surface area contributed by atoms with Crippen LogP contribution in [0.5, 0.6) is 0 Å². The van der Waals surface area contributed by atoms with Gasteiger partial charge in [0, 0.05) is 12.2 Å². The van der Waals surface area contributed by atoms with E-state index in [0.29, 0.717) is 13.0 Å². The van der Waals surface area contributed by atoms with Gasteiger partial charge >= 0.3 is 0 Å². The maximum Gasteiger partial charge on any atom is 0.233 e. The fraction of sp³-hybridized carbons (Fsp3) is 0.333. The SMILES string of the molecule is CCc1cccc(CC)c1NC(=O)CC(=O)NCCc1ccc(F)cc1. The first-order valence-electron chi connectivity index (χ1n) is 8.95. The van der Waals surface area contributed by atoms with Crippen molar-refractivity contribution in [3.05, 3.63) is 65.0 Å². The number of carbonyl (C=O) groups excluding carboxylic acids is 2. The van der Waals surface area contributed by atoms with Crippen LogP contribution >= 0.6 is 0 Å². The smallest absolute Gasteiger partial charge is 0.233 e. The Morgan fingerprint density at radius 1 is 0.923 bits per heavy atom. The first-order chi connectivity index (χ1) is 12.5. The molecular weight excluding hydrogens is 331 g/mol. The van der Waals surface area contributed by atoms with E-state index in [1.165, 1.54) is 12.1 Å². The summed E-state index contributed by atoms with van der Waals surface area (Å²) in [7, 11) is 0. The summed E-state index contributed by atoms with van der Waals surface area (Å²) in [4.78, 5) is 24.2. The van der Waals surface area contributed by atoms with Gasteiger partial charge in [0.15, 0.2) is 0 Å². The number of hydrogen-bond donors (Lipinski definition) is 2. The molecule has 138 valence electrons. The van der Waals surface area contributed by atoms with Crippen molar-refractivity contribution in [2.75, 3.05) is 11.9 Å². The number of amides is 2. The van der Waals surface area contributed by atoms with Crippen molar-refractivity contribution < 1.29 is 14.0 Å². The van der Waals surface area contributed by atoms with Gasteiger partial charge < -0.3 is 10.6 Å². The molecule has 0 atom stereocenters. The quantitative estimate of drug-likeness (QED) is 0.710. The highest BCUT2D eigenvalue weighted by atomic mass is 19.1. The Morgan fingerprint density at radius 3 is 2.12 bits per heavy atom. The lowest BCUT2D eigenvalue weighted by Crippen LogP contribution is -2.30. The first kappa shape index (κ1) is 19.6. The van der Waals surface area contributed by atoms with Gasteiger partial charge in [0.25, 0.3) is 0 Å². The van der Waals surface area contributed by atoms with E-state index in [0.717, 1.165) is 35.2 Å². The van der Waals surface area contributed by atoms with E-state index in [-0.39, 0.29) is 24.1 Å². The molecule has 0 fully saturated rings. The summed E-state index contributed by atoms with van der Waals surface area (Å²) in [5, 5.41) is 5.61. The van der Waals surface area contributed by atoms with Crippen LogP contribution in [-0.4, -0.2) is 18.4 Å². The fourth-order valence-electron chi connectivity index (χ4n) is 2.79. The zero-order chi connectivity index (χ0) is 18.9. The van der Waals surface area contributed by atoms with E-state index in [9.17, 15) is 14.0 Å². The van der Waals surface area contributed by atoms with Crippen LogP contribution in [0.3, 0.4) is 0 Å². The Kier molecular flexibility index (Phi) is 7.33. The van der Waals surface area contributed by atoms with Crippen molar-refractivity contribution in [2.24, 2.45) is 0 Å². The molecule has 0 unspecified atom stereocenters. The molecule has 0 radical (unpaired) electrons. The van der Waals surface area contributed by atoms with Gasteiger partial charge in [-0.15, -0.1) is 0 Å². The van der Waals surface area contributed by atoms with Crippen LogP contribution in [0.4, 0.5) is 10.1 Å². The number of benzene rings is 2. The minimum absolute atomic E-state index is 0.218. The third-order valence-corrected chi connectivity index (χ3v) is 4.23. The van der Waals surface area contributed by atoms with Crippen molar-refractivity contribution in [3.8, 4) is 0 Å². The largest absolute Gasteiger partial charge is 0.355 e. The highest BCUT2D eigenvalue weighted by Crippen LogP contribution is 2.22. The molecule has 0 heterocycles. The van der Waals surface area contributed by atoms with Crippen LogP contribution in [0.25, 0.3) is 0 Å². The Balaban J connectivity index is 1.84. The summed E-state index contributed by atoms with van der Waals surface area (Å²) in [6.07, 6.45) is 2.00. The third-order valence-electron chi connectivity index (χ3n) is 4.23. The summed E-state index contributed by atoms with van der Waals surface area (Å²) in [5.74, 6) is -0.926. The summed E-state index contributed by atoms with van der Waals surface area (Å²) in [6.45, 7) is 4.47. The summed E-state index contributed by atoms with van der Waals surface area (Å²) < 4.78 is 12.9. The Labute approximate surface area is 153 Å². The molecule has 2 rings (SSSR count). The fourth-order valence-corrected chi connectivity index (χ4v) is 2.79. The van der Waals surface area contributed by atoms with E-state index in [2.05, 4.69) is 10.6 Å². The van der Waals surface area contributed by atoms with Crippen molar-refractivity contribution in [2.45, 2.75) is 39.5 Å². The number of para-hydroxylation sites is 1. The van der Waals surface area contributed by atoms with E-state index in [4.69, 9.17) is 0 Å². The number of nitrogens with one attached hydrogen (secondary N) is 2. The second-order valence-electron chi connectivity index (χ2n) is 6.11. The molecular formula is C21H25FN2O2. The van der Waals surface area contributed by atoms with Crippen LogP contribution < -0.4 is 10.6 Å². The van der Waals surface area contributed by atoms with E-state index in [1.807, 2.05) is 32.0 Å². The molecule has 0 bridgehead atoms. The van der Waals surface area contributed by atoms with E-state index in [1.54, 1.807) is 12.1 Å². The molecule has 5 heteroatoms. The maximum atomic E-state index is 12.9. The Morgan fingerprint density at radius 2 is 1.54 bits per heavy atom. The standard InChI is InChI=1S/C21H25FN2O2/c1-3-16-6-5-7-17(4-2)21(16)24-20(26)14-19(25)23-13-12-15-8-10-18(22)11-9-15/h5-11H,3-4,12-14H2,1-2H3,(H,23,25)(H,24,26). The van der Waals surface area contributed by atoms with Crippen LogP contribution in [0.2, 0.25) is 0 Å². The second kappa shape index (κ2) is 9.70. The predicted octanol–water partition coefficient (Wildman–Crippen LogP) is 3.64. The number of aryl methyl sites for hydroxylation is 2. The molecule has 0 saturated heterocycles. The first-order valence-corrected chi connectivity index (χ1v) is 8.95. The highest BCUT2D eigenvalue weighted by molar-refractivity contribution is 6.04. The summed E-state index contributed by atoms with van der Waals surface area (Å²) >= 11 is 0. The molecule has 2 aromatic carbocycles. The van der Waals surface area contributed by atoms with Crippen molar-refractivity contribution in [1.29, 1.82) is 0 Å². The number of carbonyl (C=O) groups is 2. The van der Waals surface area contributed by atoms with Gasteiger partial charge in [0.05, 0.1) is 0 Å². The normalized spacial score (nSPS) is 10.4. The molecule has 0 aromatic heterocycles. The van der Waals surface area contributed by atoms with Crippen LogP contribution in [-0.2, 0) is 28.9 Å². The lowest BCUT2D eigenvalue weighted by atomic mass is 10.0. The zero-order valence-corrected chi connectivity index (χ0v) is 15.3. The van der Waals surface area contributed by atoms with E-state index >= 15 is 0 Å². The van der Waals surface area contributed by atoms with Crippen molar-refractivity contribution in [1.82, 2.24) is 5.32 Å². The molecule has 0 aliphatic rings. The van der Waals surface area contributed by atoms with Crippen LogP contribution in [0.15, 0.2) is 42.5 Å². The molecule has 4 nitrogen and oxygen atoms in total. The Bertz CT molecular complexity index is 735. The van der Waals surface area contributed by atoms with Crippen LogP contribution in [0, 0.1) is 5.82 Å². The number of hydrogen-bond acceptors (Lipinski definition) is 2. The summed E-state index contributed by atoms with van der Waals surface area (Å²) in [5.41, 5.74) is 3.88. The van der Waals surface area contributed by atoms with Gasteiger partial charge in [-0.25, -0.2) is 4.39 Å². The highest BCUT2D eigenvalue weighted by Gasteiger charge is 2.13. The monoisotopic (exact) mass is 356 g/mol. The molecule has 0 saturated carbocycles. The molecule has 0 spiro atoms. The topological polar surface area (TPSA) is 58.2 Å². The maximum absolute atomic E-state index is 12.9. The van der Waals surface area contributed by atoms with Crippen molar-refractivity contribution in [3.63, 3.8) is 0 Å². The van der Waals surface area contributed by atoms with Gasteiger partial charge in [-0.05, 0) is 48.1 Å². The second-order valence-corrected chi connectivity index (χ2v) is 6.11. The molecule has 26 heavy (non-hydrogen) atoms. The van der Waals surface area contributed by atoms with Gasteiger partial charge in [-0.2, -0.15) is 0 Å². The van der Waals surface area contributed by atoms with Crippen molar-refractivity contribution >= 4 is 17.5 Å². The molecule has 0 aliphatic carbocycles. The average molecular weight is 356 g/mol. The molecule has 2 aromatic rings. The minimum Gasteiger partial charge on any atom is -0.355 e. The molecule has 0 aliphatic heterocycles. The number of halogens is 1.